The number of fused-ring (bicyclic) bond motifs is 1. The number of rotatable bonds is 12. The molecule has 10 heteroatoms. The third-order valence-electron chi connectivity index (χ3n) is 6.55. The molecule has 5 N–H and O–H groups in total. The van der Waals surface area contributed by atoms with Crippen LogP contribution in [0.25, 0.3) is 10.9 Å². The minimum atomic E-state index is -1.05. The number of ether oxygens (including phenoxy) is 1. The summed E-state index contributed by atoms with van der Waals surface area (Å²) in [6.07, 6.45) is 3.18. The molecule has 3 atom stereocenters. The fourth-order valence-electron chi connectivity index (χ4n) is 4.41. The number of carbonyl (C=O) groups excluding carboxylic acids is 4. The monoisotopic (exact) mass is 517 g/mol. The summed E-state index contributed by atoms with van der Waals surface area (Å²) >= 11 is 0. The third-order valence-corrected chi connectivity index (χ3v) is 6.55. The Balaban J connectivity index is 1.54. The molecule has 3 aromatic rings. The van der Waals surface area contributed by atoms with Crippen molar-refractivity contribution in [2.45, 2.75) is 37.8 Å². The highest BCUT2D eigenvalue weighted by Crippen LogP contribution is 2.20. The lowest BCUT2D eigenvalue weighted by Crippen LogP contribution is -2.54. The van der Waals surface area contributed by atoms with Gasteiger partial charge in [-0.25, -0.2) is 0 Å². The third kappa shape index (κ3) is 6.92. The van der Waals surface area contributed by atoms with E-state index >= 15 is 0 Å². The van der Waals surface area contributed by atoms with Gasteiger partial charge in [0.1, 0.15) is 12.1 Å². The summed E-state index contributed by atoms with van der Waals surface area (Å²) in [4.78, 5) is 54.6. The van der Waals surface area contributed by atoms with Crippen LogP contribution in [0.4, 0.5) is 5.69 Å². The number of ketones is 1. The van der Waals surface area contributed by atoms with Crippen molar-refractivity contribution >= 4 is 46.3 Å². The molecule has 0 aliphatic carbocycles. The van der Waals surface area contributed by atoms with Crippen LogP contribution in [0, 0.1) is 11.3 Å². The van der Waals surface area contributed by atoms with Crippen LogP contribution in [0.1, 0.15) is 24.8 Å². The first kappa shape index (κ1) is 26.7. The first-order valence-corrected chi connectivity index (χ1v) is 12.6. The molecule has 0 radical (unpaired) electrons. The molecule has 0 bridgehead atoms. The first-order valence-electron chi connectivity index (χ1n) is 12.6. The van der Waals surface area contributed by atoms with Gasteiger partial charge in [-0.15, -0.1) is 0 Å². The zero-order chi connectivity index (χ0) is 26.9. The van der Waals surface area contributed by atoms with E-state index in [9.17, 15) is 19.2 Å². The molecule has 1 aromatic heterocycles. The molecule has 0 spiro atoms. The standard InChI is InChI=1S/C28H31N5O5/c29-15-21(34)10-11-24(27(36)31-20-6-2-1-3-7-20)32-28(37)25(33-26(35)18-12-13-38-17-18)14-19-16-30-23-9-5-4-8-22(19)23/h1-9,15-16,18,24-25,29-30H,10-14,17H2,(H,31,36)(H,32,37)(H,33,35)/t18?,24-,25-/m0/s1. The van der Waals surface area contributed by atoms with E-state index in [1.54, 1.807) is 30.5 Å². The summed E-state index contributed by atoms with van der Waals surface area (Å²) in [5, 5.41) is 16.4. The van der Waals surface area contributed by atoms with Crippen molar-refractivity contribution in [1.82, 2.24) is 15.6 Å². The van der Waals surface area contributed by atoms with Crippen molar-refractivity contribution in [3.63, 3.8) is 0 Å². The number of benzene rings is 2. The SMILES string of the molecule is N=CC(=O)CC[C@H](NC(=O)[C@H](Cc1c[nH]c2ccccc12)NC(=O)C1CCOC1)C(=O)Nc1ccccc1. The van der Waals surface area contributed by atoms with Crippen LogP contribution < -0.4 is 16.0 Å². The maximum Gasteiger partial charge on any atom is 0.246 e. The van der Waals surface area contributed by atoms with Gasteiger partial charge in [0, 0.05) is 42.2 Å². The highest BCUT2D eigenvalue weighted by Gasteiger charge is 2.31. The number of aromatic amines is 1. The number of anilines is 1. The Morgan fingerprint density at radius 2 is 1.76 bits per heavy atom. The summed E-state index contributed by atoms with van der Waals surface area (Å²) in [7, 11) is 0. The molecule has 1 fully saturated rings. The van der Waals surface area contributed by atoms with E-state index in [1.165, 1.54) is 0 Å². The zero-order valence-electron chi connectivity index (χ0n) is 20.9. The highest BCUT2D eigenvalue weighted by atomic mass is 16.5. The highest BCUT2D eigenvalue weighted by molar-refractivity contribution is 6.26. The Hall–Kier alpha value is -4.31. The largest absolute Gasteiger partial charge is 0.381 e. The average Bonchev–Trinajstić information content (AvgIpc) is 3.62. The lowest BCUT2D eigenvalue weighted by molar-refractivity contribution is -0.132. The molecule has 1 aliphatic rings. The van der Waals surface area contributed by atoms with Gasteiger partial charge in [0.15, 0.2) is 5.78 Å². The van der Waals surface area contributed by atoms with Crippen LogP contribution in [0.3, 0.4) is 0 Å². The predicted molar refractivity (Wildman–Crippen MR) is 143 cm³/mol. The number of hydrogen-bond acceptors (Lipinski definition) is 6. The van der Waals surface area contributed by atoms with E-state index in [4.69, 9.17) is 10.1 Å². The van der Waals surface area contributed by atoms with E-state index in [2.05, 4.69) is 20.9 Å². The quantitative estimate of drug-likeness (QED) is 0.234. The Labute approximate surface area is 220 Å². The number of nitrogens with one attached hydrogen (secondary N) is 5. The molecule has 1 aliphatic heterocycles. The Kier molecular flexibility index (Phi) is 8.99. The Morgan fingerprint density at radius 1 is 1.00 bits per heavy atom. The number of H-pyrrole nitrogens is 1. The Bertz CT molecular complexity index is 1300. The lowest BCUT2D eigenvalue weighted by atomic mass is 10.0. The molecule has 2 heterocycles. The van der Waals surface area contributed by atoms with E-state index in [0.29, 0.717) is 31.5 Å². The van der Waals surface area contributed by atoms with Gasteiger partial charge < -0.3 is 31.1 Å². The minimum Gasteiger partial charge on any atom is -0.381 e. The maximum absolute atomic E-state index is 13.6. The molecule has 1 saturated heterocycles. The normalized spacial score (nSPS) is 16.4. The van der Waals surface area contributed by atoms with Crippen molar-refractivity contribution in [1.29, 1.82) is 5.41 Å². The molecule has 198 valence electrons. The fraction of sp³-hybridized carbons (Fsp3) is 0.321. The summed E-state index contributed by atoms with van der Waals surface area (Å²) < 4.78 is 5.33. The molecule has 0 saturated carbocycles. The van der Waals surface area contributed by atoms with Gasteiger partial charge in [0.05, 0.1) is 18.7 Å². The number of aromatic nitrogens is 1. The second kappa shape index (κ2) is 12.8. The number of carbonyl (C=O) groups is 4. The van der Waals surface area contributed by atoms with E-state index < -0.39 is 29.7 Å². The van der Waals surface area contributed by atoms with E-state index in [0.717, 1.165) is 16.5 Å². The molecule has 10 nitrogen and oxygen atoms in total. The van der Waals surface area contributed by atoms with Crippen molar-refractivity contribution in [3.8, 4) is 0 Å². The van der Waals surface area contributed by atoms with Crippen LogP contribution in [0.2, 0.25) is 0 Å². The summed E-state index contributed by atoms with van der Waals surface area (Å²) in [6, 6.07) is 14.4. The molecular formula is C28H31N5O5. The number of amides is 3. The van der Waals surface area contributed by atoms with Crippen molar-refractivity contribution < 1.29 is 23.9 Å². The van der Waals surface area contributed by atoms with Gasteiger partial charge in [-0.3, -0.25) is 19.2 Å². The van der Waals surface area contributed by atoms with Gasteiger partial charge in [-0.2, -0.15) is 0 Å². The number of Topliss-reactive ketones (excluding diaryl/α,β-unsaturated/α-hetero) is 1. The molecule has 2 aromatic carbocycles. The van der Waals surface area contributed by atoms with Gasteiger partial charge in [0.2, 0.25) is 17.7 Å². The van der Waals surface area contributed by atoms with E-state index in [-0.39, 0.29) is 31.1 Å². The first-order chi connectivity index (χ1) is 18.4. The van der Waals surface area contributed by atoms with Gasteiger partial charge in [-0.05, 0) is 36.6 Å². The van der Waals surface area contributed by atoms with Gasteiger partial charge in [-0.1, -0.05) is 36.4 Å². The van der Waals surface area contributed by atoms with Crippen molar-refractivity contribution in [2.24, 2.45) is 5.92 Å². The molecule has 38 heavy (non-hydrogen) atoms. The van der Waals surface area contributed by atoms with Crippen molar-refractivity contribution in [3.05, 3.63) is 66.4 Å². The van der Waals surface area contributed by atoms with Gasteiger partial charge >= 0.3 is 0 Å². The zero-order valence-corrected chi connectivity index (χ0v) is 20.9. The molecule has 3 amide bonds. The average molecular weight is 518 g/mol. The Morgan fingerprint density at radius 3 is 2.50 bits per heavy atom. The predicted octanol–water partition coefficient (Wildman–Crippen LogP) is 2.35. The lowest BCUT2D eigenvalue weighted by Gasteiger charge is -2.24. The molecule has 1 unspecified atom stereocenters. The van der Waals surface area contributed by atoms with Crippen LogP contribution in [0.5, 0.6) is 0 Å². The summed E-state index contributed by atoms with van der Waals surface area (Å²) in [5.74, 6) is -2.13. The number of para-hydroxylation sites is 2. The maximum atomic E-state index is 13.6. The van der Waals surface area contributed by atoms with Gasteiger partial charge in [0.25, 0.3) is 0 Å². The van der Waals surface area contributed by atoms with Crippen LogP contribution in [-0.4, -0.2) is 60.0 Å². The summed E-state index contributed by atoms with van der Waals surface area (Å²) in [6.45, 7) is 0.779. The van der Waals surface area contributed by atoms with Crippen LogP contribution >= 0.6 is 0 Å². The van der Waals surface area contributed by atoms with E-state index in [1.807, 2.05) is 30.3 Å². The van der Waals surface area contributed by atoms with Crippen LogP contribution in [-0.2, 0) is 30.3 Å². The van der Waals surface area contributed by atoms with Crippen molar-refractivity contribution in [2.75, 3.05) is 18.5 Å². The van der Waals surface area contributed by atoms with Crippen LogP contribution in [0.15, 0.2) is 60.8 Å². The number of hydrogen-bond donors (Lipinski definition) is 5. The second-order valence-electron chi connectivity index (χ2n) is 9.25. The second-order valence-corrected chi connectivity index (χ2v) is 9.25. The smallest absolute Gasteiger partial charge is 0.246 e. The fourth-order valence-corrected chi connectivity index (χ4v) is 4.41. The minimum absolute atomic E-state index is 0.00281. The molecular weight excluding hydrogens is 486 g/mol. The molecule has 4 rings (SSSR count). The summed E-state index contributed by atoms with van der Waals surface area (Å²) in [5.41, 5.74) is 2.29. The topological polar surface area (TPSA) is 153 Å².